The molecule has 0 aliphatic heterocycles. The molecule has 0 bridgehead atoms. The molecule has 1 amide bonds. The molecule has 0 spiro atoms. The second-order valence-electron chi connectivity index (χ2n) is 6.93. The Morgan fingerprint density at radius 3 is 2.70 bits per heavy atom. The molecule has 128 valence electrons. The first-order chi connectivity index (χ1) is 10.8. The minimum Gasteiger partial charge on any atom is -0.469 e. The summed E-state index contributed by atoms with van der Waals surface area (Å²) in [5.41, 5.74) is 0.824. The molecule has 1 aliphatic carbocycles. The summed E-state index contributed by atoms with van der Waals surface area (Å²) in [6, 6.07) is 1.82. The van der Waals surface area contributed by atoms with Crippen molar-refractivity contribution in [1.29, 1.82) is 0 Å². The van der Waals surface area contributed by atoms with Crippen molar-refractivity contribution < 1.29 is 14.3 Å². The maximum atomic E-state index is 12.7. The third-order valence-electron chi connectivity index (χ3n) is 4.82. The van der Waals surface area contributed by atoms with Crippen molar-refractivity contribution in [3.05, 3.63) is 17.5 Å². The van der Waals surface area contributed by atoms with Crippen LogP contribution in [0.25, 0.3) is 0 Å². The van der Waals surface area contributed by atoms with Crippen LogP contribution in [0.5, 0.6) is 0 Å². The minimum absolute atomic E-state index is 0.190. The Morgan fingerprint density at radius 2 is 2.13 bits per heavy atom. The average molecular weight is 321 g/mol. The van der Waals surface area contributed by atoms with E-state index in [2.05, 4.69) is 10.4 Å². The van der Waals surface area contributed by atoms with Gasteiger partial charge in [0.1, 0.15) is 5.69 Å². The zero-order chi connectivity index (χ0) is 17.2. The van der Waals surface area contributed by atoms with Gasteiger partial charge in [-0.2, -0.15) is 5.10 Å². The highest BCUT2D eigenvalue weighted by atomic mass is 16.5. The third-order valence-corrected chi connectivity index (χ3v) is 4.82. The lowest BCUT2D eigenvalue weighted by atomic mass is 9.73. The van der Waals surface area contributed by atoms with E-state index in [0.29, 0.717) is 5.69 Å². The van der Waals surface area contributed by atoms with Crippen LogP contribution >= 0.6 is 0 Å². The van der Waals surface area contributed by atoms with E-state index in [9.17, 15) is 9.59 Å². The first-order valence-corrected chi connectivity index (χ1v) is 8.22. The molecule has 2 atom stereocenters. The van der Waals surface area contributed by atoms with E-state index in [-0.39, 0.29) is 23.7 Å². The van der Waals surface area contributed by atoms with E-state index in [1.54, 1.807) is 11.7 Å². The SMILES string of the molecule is COC(=O)[C@H]1CCCC[C@@]1(C)NC(=O)c1cc(C(C)C)nn1C. The quantitative estimate of drug-likeness (QED) is 0.864. The number of carbonyl (C=O) groups excluding carboxylic acids is 2. The summed E-state index contributed by atoms with van der Waals surface area (Å²) in [7, 11) is 3.16. The first-order valence-electron chi connectivity index (χ1n) is 8.22. The van der Waals surface area contributed by atoms with Crippen LogP contribution in [-0.4, -0.2) is 34.3 Å². The van der Waals surface area contributed by atoms with E-state index in [0.717, 1.165) is 31.4 Å². The molecule has 1 N–H and O–H groups in total. The Bertz CT molecular complexity index is 594. The van der Waals surface area contributed by atoms with Crippen molar-refractivity contribution in [3.8, 4) is 0 Å². The maximum Gasteiger partial charge on any atom is 0.311 e. The van der Waals surface area contributed by atoms with Crippen LogP contribution in [0.4, 0.5) is 0 Å². The van der Waals surface area contributed by atoms with Crippen LogP contribution in [0, 0.1) is 5.92 Å². The summed E-state index contributed by atoms with van der Waals surface area (Å²) in [6.45, 7) is 6.02. The Morgan fingerprint density at radius 1 is 1.43 bits per heavy atom. The number of nitrogens with one attached hydrogen (secondary N) is 1. The summed E-state index contributed by atoms with van der Waals surface area (Å²) in [4.78, 5) is 24.8. The lowest BCUT2D eigenvalue weighted by molar-refractivity contribution is -0.149. The van der Waals surface area contributed by atoms with Crippen LogP contribution in [0.15, 0.2) is 6.07 Å². The summed E-state index contributed by atoms with van der Waals surface area (Å²) in [5, 5.41) is 7.45. The predicted molar refractivity (Wildman–Crippen MR) is 87.1 cm³/mol. The number of nitrogens with zero attached hydrogens (tertiary/aromatic N) is 2. The van der Waals surface area contributed by atoms with Crippen molar-refractivity contribution in [2.75, 3.05) is 7.11 Å². The van der Waals surface area contributed by atoms with Gasteiger partial charge in [0.2, 0.25) is 0 Å². The van der Waals surface area contributed by atoms with Gasteiger partial charge in [0.25, 0.3) is 5.91 Å². The maximum absolute atomic E-state index is 12.7. The molecule has 0 aromatic carbocycles. The summed E-state index contributed by atoms with van der Waals surface area (Å²) >= 11 is 0. The van der Waals surface area contributed by atoms with Gasteiger partial charge in [-0.1, -0.05) is 26.7 Å². The Labute approximate surface area is 137 Å². The highest BCUT2D eigenvalue weighted by Gasteiger charge is 2.43. The van der Waals surface area contributed by atoms with Crippen LogP contribution < -0.4 is 5.32 Å². The summed E-state index contributed by atoms with van der Waals surface area (Å²) < 4.78 is 6.53. The average Bonchev–Trinajstić information content (AvgIpc) is 2.89. The van der Waals surface area contributed by atoms with Crippen molar-refractivity contribution in [1.82, 2.24) is 15.1 Å². The second-order valence-corrected chi connectivity index (χ2v) is 6.93. The van der Waals surface area contributed by atoms with Crippen molar-refractivity contribution >= 4 is 11.9 Å². The monoisotopic (exact) mass is 321 g/mol. The van der Waals surface area contributed by atoms with Gasteiger partial charge in [0, 0.05) is 7.05 Å². The number of hydrogen-bond acceptors (Lipinski definition) is 4. The zero-order valence-electron chi connectivity index (χ0n) is 14.7. The van der Waals surface area contributed by atoms with Gasteiger partial charge >= 0.3 is 5.97 Å². The van der Waals surface area contributed by atoms with E-state index < -0.39 is 5.54 Å². The van der Waals surface area contributed by atoms with E-state index in [4.69, 9.17) is 4.74 Å². The highest BCUT2D eigenvalue weighted by molar-refractivity contribution is 5.93. The molecule has 1 aromatic rings. The second kappa shape index (κ2) is 6.72. The van der Waals surface area contributed by atoms with Gasteiger partial charge in [-0.05, 0) is 31.7 Å². The number of aromatic nitrogens is 2. The smallest absolute Gasteiger partial charge is 0.311 e. The van der Waals surface area contributed by atoms with Crippen molar-refractivity contribution in [2.45, 2.75) is 57.9 Å². The fourth-order valence-corrected chi connectivity index (χ4v) is 3.31. The van der Waals surface area contributed by atoms with Gasteiger partial charge in [0.05, 0.1) is 24.3 Å². The van der Waals surface area contributed by atoms with Crippen LogP contribution in [0.2, 0.25) is 0 Å². The van der Waals surface area contributed by atoms with E-state index >= 15 is 0 Å². The topological polar surface area (TPSA) is 73.2 Å². The minimum atomic E-state index is -0.579. The predicted octanol–water partition coefficient (Wildman–Crippen LogP) is 2.40. The number of esters is 1. The Hall–Kier alpha value is -1.85. The molecule has 1 aromatic heterocycles. The van der Waals surface area contributed by atoms with Gasteiger partial charge in [0.15, 0.2) is 0 Å². The normalized spacial score (nSPS) is 24.5. The fraction of sp³-hybridized carbons (Fsp3) is 0.706. The molecule has 0 saturated heterocycles. The lowest BCUT2D eigenvalue weighted by Gasteiger charge is -2.40. The Balaban J connectivity index is 2.21. The molecule has 6 heteroatoms. The lowest BCUT2D eigenvalue weighted by Crippen LogP contribution is -2.55. The molecule has 0 radical (unpaired) electrons. The van der Waals surface area contributed by atoms with Gasteiger partial charge in [-0.15, -0.1) is 0 Å². The van der Waals surface area contributed by atoms with Gasteiger partial charge < -0.3 is 10.1 Å². The van der Waals surface area contributed by atoms with Gasteiger partial charge in [-0.3, -0.25) is 14.3 Å². The number of hydrogen-bond donors (Lipinski definition) is 1. The molecule has 1 fully saturated rings. The number of rotatable bonds is 4. The molecular weight excluding hydrogens is 294 g/mol. The molecule has 23 heavy (non-hydrogen) atoms. The zero-order valence-corrected chi connectivity index (χ0v) is 14.7. The third kappa shape index (κ3) is 3.57. The number of carbonyl (C=O) groups is 2. The largest absolute Gasteiger partial charge is 0.469 e. The fourth-order valence-electron chi connectivity index (χ4n) is 3.31. The van der Waals surface area contributed by atoms with Gasteiger partial charge in [-0.25, -0.2) is 0 Å². The van der Waals surface area contributed by atoms with E-state index in [1.165, 1.54) is 7.11 Å². The van der Waals surface area contributed by atoms with Crippen molar-refractivity contribution in [3.63, 3.8) is 0 Å². The van der Waals surface area contributed by atoms with Crippen molar-refractivity contribution in [2.24, 2.45) is 13.0 Å². The molecule has 1 saturated carbocycles. The molecule has 0 unspecified atom stereocenters. The summed E-state index contributed by atoms with van der Waals surface area (Å²) in [6.07, 6.45) is 3.49. The van der Waals surface area contributed by atoms with E-state index in [1.807, 2.05) is 26.8 Å². The molecule has 1 heterocycles. The first kappa shape index (κ1) is 17.5. The molecule has 6 nitrogen and oxygen atoms in total. The number of amides is 1. The number of methoxy groups -OCH3 is 1. The van der Waals surface area contributed by atoms with Crippen LogP contribution in [-0.2, 0) is 16.6 Å². The molecular formula is C17H27N3O3. The summed E-state index contributed by atoms with van der Waals surface area (Å²) in [5.74, 6) is -0.482. The van der Waals surface area contributed by atoms with Crippen LogP contribution in [0.3, 0.4) is 0 Å². The highest BCUT2D eigenvalue weighted by Crippen LogP contribution is 2.34. The Kier molecular flexibility index (Phi) is 5.12. The molecule has 2 rings (SSSR count). The molecule has 1 aliphatic rings. The standard InChI is InChI=1S/C17H27N3O3/c1-11(2)13-10-14(20(4)19-13)15(21)18-17(3)9-7-6-8-12(17)16(22)23-5/h10-12H,6-9H2,1-5H3,(H,18,21)/t12-,17-/m1/s1. The number of ether oxygens (including phenoxy) is 1. The number of aryl methyl sites for hydroxylation is 1. The van der Waals surface area contributed by atoms with Crippen LogP contribution in [0.1, 0.15) is 68.6 Å².